The summed E-state index contributed by atoms with van der Waals surface area (Å²) >= 11 is 0. The number of aryl methyl sites for hydroxylation is 1. The second-order valence-corrected chi connectivity index (χ2v) is 5.68. The van der Waals surface area contributed by atoms with Crippen LogP contribution in [0.2, 0.25) is 0 Å². The summed E-state index contributed by atoms with van der Waals surface area (Å²) in [5, 5.41) is 14.7. The van der Waals surface area contributed by atoms with Crippen molar-refractivity contribution in [1.82, 2.24) is 5.32 Å². The number of nitrogens with one attached hydrogen (secondary N) is 2. The van der Waals surface area contributed by atoms with E-state index in [0.29, 0.717) is 11.3 Å². The average Bonchev–Trinajstić information content (AvgIpc) is 2.74. The summed E-state index contributed by atoms with van der Waals surface area (Å²) in [6.07, 6.45) is 4.28. The first-order chi connectivity index (χ1) is 9.39. The fraction of sp³-hybridized carbons (Fsp3) is 0.467. The van der Waals surface area contributed by atoms with Gasteiger partial charge in [0.2, 0.25) is 0 Å². The Hall–Kier alpha value is -2.04. The Morgan fingerprint density at radius 3 is 2.45 bits per heavy atom. The van der Waals surface area contributed by atoms with E-state index >= 15 is 0 Å². The van der Waals surface area contributed by atoms with E-state index in [1.165, 1.54) is 6.07 Å². The van der Waals surface area contributed by atoms with Crippen LogP contribution >= 0.6 is 0 Å². The molecule has 0 spiro atoms. The highest BCUT2D eigenvalue weighted by molar-refractivity contribution is 5.93. The lowest BCUT2D eigenvalue weighted by Gasteiger charge is -2.25. The Balaban J connectivity index is 2.01. The van der Waals surface area contributed by atoms with Crippen LogP contribution in [0.15, 0.2) is 18.2 Å². The quantitative estimate of drug-likeness (QED) is 0.793. The molecule has 0 unspecified atom stereocenters. The maximum absolute atomic E-state index is 12.0. The lowest BCUT2D eigenvalue weighted by Crippen LogP contribution is -2.45. The third-order valence-corrected chi connectivity index (χ3v) is 3.84. The fourth-order valence-electron chi connectivity index (χ4n) is 2.70. The summed E-state index contributed by atoms with van der Waals surface area (Å²) in [4.78, 5) is 22.9. The molecule has 1 aliphatic rings. The van der Waals surface area contributed by atoms with Gasteiger partial charge in [0.05, 0.1) is 5.56 Å². The van der Waals surface area contributed by atoms with Gasteiger partial charge in [-0.3, -0.25) is 0 Å². The van der Waals surface area contributed by atoms with Crippen LogP contribution in [0.4, 0.5) is 10.5 Å². The van der Waals surface area contributed by atoms with Crippen LogP contribution in [-0.2, 0) is 0 Å². The van der Waals surface area contributed by atoms with Crippen molar-refractivity contribution in [2.24, 2.45) is 0 Å². The van der Waals surface area contributed by atoms with Crippen molar-refractivity contribution < 1.29 is 14.7 Å². The van der Waals surface area contributed by atoms with Crippen molar-refractivity contribution in [2.45, 2.75) is 45.1 Å². The van der Waals surface area contributed by atoms with Gasteiger partial charge in [0, 0.05) is 11.2 Å². The van der Waals surface area contributed by atoms with E-state index in [0.717, 1.165) is 25.7 Å². The van der Waals surface area contributed by atoms with Gasteiger partial charge < -0.3 is 15.7 Å². The zero-order valence-corrected chi connectivity index (χ0v) is 11.8. The standard InChI is InChI=1S/C15H20N2O3/c1-10-9-11(5-6-12(10)13(18)19)16-14(20)17-15(2)7-3-4-8-15/h5-6,9H,3-4,7-8H2,1-2H3,(H,18,19)(H2,16,17,20). The van der Waals surface area contributed by atoms with Crippen molar-refractivity contribution in [1.29, 1.82) is 0 Å². The van der Waals surface area contributed by atoms with E-state index in [1.54, 1.807) is 19.1 Å². The zero-order chi connectivity index (χ0) is 14.8. The van der Waals surface area contributed by atoms with Crippen LogP contribution in [-0.4, -0.2) is 22.6 Å². The summed E-state index contributed by atoms with van der Waals surface area (Å²) in [5.74, 6) is -0.961. The normalized spacial score (nSPS) is 16.7. The van der Waals surface area contributed by atoms with Crippen LogP contribution in [0.25, 0.3) is 0 Å². The fourth-order valence-corrected chi connectivity index (χ4v) is 2.70. The van der Waals surface area contributed by atoms with Crippen LogP contribution in [0.1, 0.15) is 48.5 Å². The molecule has 0 aliphatic heterocycles. The predicted molar refractivity (Wildman–Crippen MR) is 77.2 cm³/mol. The van der Waals surface area contributed by atoms with Crippen LogP contribution < -0.4 is 10.6 Å². The topological polar surface area (TPSA) is 78.4 Å². The Kier molecular flexibility index (Phi) is 3.97. The molecule has 1 fully saturated rings. The van der Waals surface area contributed by atoms with Gasteiger partial charge in [0.25, 0.3) is 0 Å². The molecule has 0 radical (unpaired) electrons. The number of hydrogen-bond acceptors (Lipinski definition) is 2. The molecule has 5 nitrogen and oxygen atoms in total. The smallest absolute Gasteiger partial charge is 0.335 e. The molecule has 0 aromatic heterocycles. The maximum atomic E-state index is 12.0. The first-order valence-corrected chi connectivity index (χ1v) is 6.83. The second kappa shape index (κ2) is 5.53. The molecule has 0 heterocycles. The largest absolute Gasteiger partial charge is 0.478 e. The molecule has 1 saturated carbocycles. The summed E-state index contributed by atoms with van der Waals surface area (Å²) in [5.41, 5.74) is 1.35. The lowest BCUT2D eigenvalue weighted by molar-refractivity contribution is 0.0696. The zero-order valence-electron chi connectivity index (χ0n) is 11.8. The number of benzene rings is 1. The highest BCUT2D eigenvalue weighted by atomic mass is 16.4. The van der Waals surface area contributed by atoms with Gasteiger partial charge in [-0.25, -0.2) is 9.59 Å². The number of rotatable bonds is 3. The Morgan fingerprint density at radius 2 is 1.90 bits per heavy atom. The number of carboxylic acids is 1. The molecule has 20 heavy (non-hydrogen) atoms. The van der Waals surface area contributed by atoms with E-state index in [4.69, 9.17) is 5.11 Å². The number of carboxylic acid groups (broad SMARTS) is 1. The molecule has 2 rings (SSSR count). The summed E-state index contributed by atoms with van der Waals surface area (Å²) in [7, 11) is 0. The monoisotopic (exact) mass is 276 g/mol. The molecular weight excluding hydrogens is 256 g/mol. The van der Waals surface area contributed by atoms with Crippen LogP contribution in [0.3, 0.4) is 0 Å². The van der Waals surface area contributed by atoms with Crippen molar-refractivity contribution in [3.63, 3.8) is 0 Å². The van der Waals surface area contributed by atoms with Crippen molar-refractivity contribution in [3.05, 3.63) is 29.3 Å². The van der Waals surface area contributed by atoms with Crippen LogP contribution in [0, 0.1) is 6.92 Å². The van der Waals surface area contributed by atoms with Crippen molar-refractivity contribution >= 4 is 17.7 Å². The third kappa shape index (κ3) is 3.29. The molecule has 0 saturated heterocycles. The van der Waals surface area contributed by atoms with E-state index in [2.05, 4.69) is 17.6 Å². The number of hydrogen-bond donors (Lipinski definition) is 3. The van der Waals surface area contributed by atoms with Crippen molar-refractivity contribution in [2.75, 3.05) is 5.32 Å². The molecular formula is C15H20N2O3. The Labute approximate surface area is 118 Å². The minimum absolute atomic E-state index is 0.125. The summed E-state index contributed by atoms with van der Waals surface area (Å²) in [6, 6.07) is 4.54. The number of aromatic carboxylic acids is 1. The van der Waals surface area contributed by atoms with E-state index in [1.807, 2.05) is 0 Å². The first kappa shape index (κ1) is 14.4. The van der Waals surface area contributed by atoms with E-state index in [9.17, 15) is 9.59 Å². The molecule has 1 aliphatic carbocycles. The molecule has 2 amide bonds. The molecule has 0 atom stereocenters. The molecule has 1 aromatic rings. The maximum Gasteiger partial charge on any atom is 0.335 e. The Morgan fingerprint density at radius 1 is 1.25 bits per heavy atom. The number of urea groups is 1. The van der Waals surface area contributed by atoms with E-state index in [-0.39, 0.29) is 17.1 Å². The molecule has 108 valence electrons. The van der Waals surface area contributed by atoms with Gasteiger partial charge in [-0.15, -0.1) is 0 Å². The first-order valence-electron chi connectivity index (χ1n) is 6.83. The summed E-state index contributed by atoms with van der Waals surface area (Å²) in [6.45, 7) is 3.77. The Bertz CT molecular complexity index is 534. The highest BCUT2D eigenvalue weighted by Gasteiger charge is 2.30. The number of anilines is 1. The SMILES string of the molecule is Cc1cc(NC(=O)NC2(C)CCCC2)ccc1C(=O)O. The van der Waals surface area contributed by atoms with Gasteiger partial charge >= 0.3 is 12.0 Å². The molecule has 0 bridgehead atoms. The minimum atomic E-state index is -0.961. The number of amides is 2. The average molecular weight is 276 g/mol. The highest BCUT2D eigenvalue weighted by Crippen LogP contribution is 2.28. The van der Waals surface area contributed by atoms with Gasteiger partial charge in [-0.1, -0.05) is 12.8 Å². The third-order valence-electron chi connectivity index (χ3n) is 3.84. The summed E-state index contributed by atoms with van der Waals surface area (Å²) < 4.78 is 0. The minimum Gasteiger partial charge on any atom is -0.478 e. The predicted octanol–water partition coefficient (Wildman–Crippen LogP) is 3.15. The lowest BCUT2D eigenvalue weighted by atomic mass is 10.0. The van der Waals surface area contributed by atoms with Gasteiger partial charge in [-0.05, 0) is 50.5 Å². The number of carbonyl (C=O) groups excluding carboxylic acids is 1. The van der Waals surface area contributed by atoms with Crippen molar-refractivity contribution in [3.8, 4) is 0 Å². The van der Waals surface area contributed by atoms with Gasteiger partial charge in [-0.2, -0.15) is 0 Å². The molecule has 5 heteroatoms. The van der Waals surface area contributed by atoms with E-state index < -0.39 is 5.97 Å². The van der Waals surface area contributed by atoms with Gasteiger partial charge in [0.1, 0.15) is 0 Å². The number of carbonyl (C=O) groups is 2. The molecule has 3 N–H and O–H groups in total. The van der Waals surface area contributed by atoms with Crippen LogP contribution in [0.5, 0.6) is 0 Å². The molecule has 1 aromatic carbocycles. The second-order valence-electron chi connectivity index (χ2n) is 5.68. The van der Waals surface area contributed by atoms with Gasteiger partial charge in [0.15, 0.2) is 0 Å².